The summed E-state index contributed by atoms with van der Waals surface area (Å²) in [4.78, 5) is 11.5. The Labute approximate surface area is 110 Å². The van der Waals surface area contributed by atoms with E-state index in [0.717, 1.165) is 11.4 Å². The Kier molecular flexibility index (Phi) is 4.25. The van der Waals surface area contributed by atoms with Crippen molar-refractivity contribution in [2.24, 2.45) is 0 Å². The van der Waals surface area contributed by atoms with Gasteiger partial charge >= 0.3 is 0 Å². The number of anilines is 1. The number of rotatable bonds is 5. The van der Waals surface area contributed by atoms with Crippen LogP contribution in [0.25, 0.3) is 0 Å². The van der Waals surface area contributed by atoms with Crippen molar-refractivity contribution in [3.05, 3.63) is 53.4 Å². The van der Waals surface area contributed by atoms with Gasteiger partial charge in [-0.1, -0.05) is 17.7 Å². The molecule has 0 spiro atoms. The van der Waals surface area contributed by atoms with E-state index in [1.54, 1.807) is 24.5 Å². The molecule has 2 N–H and O–H groups in total. The van der Waals surface area contributed by atoms with Gasteiger partial charge in [0, 0.05) is 10.7 Å². The Morgan fingerprint density at radius 1 is 1.28 bits per heavy atom. The molecule has 2 rings (SSSR count). The van der Waals surface area contributed by atoms with E-state index in [4.69, 9.17) is 16.0 Å². The molecule has 0 saturated carbocycles. The number of furan rings is 1. The molecule has 0 radical (unpaired) electrons. The molecule has 1 aromatic heterocycles. The van der Waals surface area contributed by atoms with E-state index in [-0.39, 0.29) is 12.5 Å². The predicted octanol–water partition coefficient (Wildman–Crippen LogP) is 2.66. The summed E-state index contributed by atoms with van der Waals surface area (Å²) in [6, 6.07) is 10.8. The van der Waals surface area contributed by atoms with Crippen LogP contribution in [0, 0.1) is 0 Å². The fraction of sp³-hybridized carbons (Fsp3) is 0.154. The highest BCUT2D eigenvalue weighted by Crippen LogP contribution is 2.14. The van der Waals surface area contributed by atoms with Gasteiger partial charge in [0.25, 0.3) is 0 Å². The topological polar surface area (TPSA) is 54.3 Å². The van der Waals surface area contributed by atoms with E-state index in [2.05, 4.69) is 10.6 Å². The van der Waals surface area contributed by atoms with Crippen LogP contribution in [-0.4, -0.2) is 12.5 Å². The van der Waals surface area contributed by atoms with Crippen LogP contribution in [-0.2, 0) is 11.3 Å². The van der Waals surface area contributed by atoms with E-state index in [1.165, 1.54) is 0 Å². The third-order valence-electron chi connectivity index (χ3n) is 2.32. The summed E-state index contributed by atoms with van der Waals surface area (Å²) >= 11 is 5.84. The average molecular weight is 265 g/mol. The third-order valence-corrected chi connectivity index (χ3v) is 2.55. The fourth-order valence-electron chi connectivity index (χ4n) is 1.44. The molecule has 2 aromatic rings. The molecule has 0 aliphatic heterocycles. The molecule has 0 saturated heterocycles. The third kappa shape index (κ3) is 3.82. The second-order valence-corrected chi connectivity index (χ2v) is 4.16. The highest BCUT2D eigenvalue weighted by molar-refractivity contribution is 6.30. The summed E-state index contributed by atoms with van der Waals surface area (Å²) < 4.78 is 5.11. The van der Waals surface area contributed by atoms with E-state index >= 15 is 0 Å². The van der Waals surface area contributed by atoms with Crippen molar-refractivity contribution >= 4 is 23.2 Å². The number of carbonyl (C=O) groups is 1. The smallest absolute Gasteiger partial charge is 0.239 e. The number of halogens is 1. The standard InChI is InChI=1S/C13H13ClN2O2/c14-10-3-1-4-11(7-10)15-9-13(17)16-8-12-5-2-6-18-12/h1-7,15H,8-9H2,(H,16,17). The van der Waals surface area contributed by atoms with Gasteiger partial charge in [0.05, 0.1) is 19.4 Å². The molecule has 0 unspecified atom stereocenters. The molecule has 0 aliphatic rings. The fourth-order valence-corrected chi connectivity index (χ4v) is 1.63. The van der Waals surface area contributed by atoms with E-state index < -0.39 is 0 Å². The zero-order valence-corrected chi connectivity index (χ0v) is 10.4. The summed E-state index contributed by atoms with van der Waals surface area (Å²) in [7, 11) is 0. The van der Waals surface area contributed by atoms with E-state index in [9.17, 15) is 4.79 Å². The maximum Gasteiger partial charge on any atom is 0.239 e. The van der Waals surface area contributed by atoms with Gasteiger partial charge in [-0.15, -0.1) is 0 Å². The molecule has 1 heterocycles. The minimum atomic E-state index is -0.105. The zero-order chi connectivity index (χ0) is 12.8. The minimum absolute atomic E-state index is 0.105. The maximum absolute atomic E-state index is 11.5. The van der Waals surface area contributed by atoms with Crippen molar-refractivity contribution in [3.8, 4) is 0 Å². The Morgan fingerprint density at radius 3 is 2.89 bits per heavy atom. The van der Waals surface area contributed by atoms with Crippen molar-refractivity contribution in [2.45, 2.75) is 6.54 Å². The first-order chi connectivity index (χ1) is 8.74. The molecule has 18 heavy (non-hydrogen) atoms. The van der Waals surface area contributed by atoms with Crippen LogP contribution in [0.4, 0.5) is 5.69 Å². The van der Waals surface area contributed by atoms with E-state index in [1.807, 2.05) is 18.2 Å². The average Bonchev–Trinajstić information content (AvgIpc) is 2.87. The van der Waals surface area contributed by atoms with Crippen molar-refractivity contribution in [1.29, 1.82) is 0 Å². The molecule has 1 aromatic carbocycles. The van der Waals surface area contributed by atoms with Crippen molar-refractivity contribution in [2.75, 3.05) is 11.9 Å². The van der Waals surface area contributed by atoms with Crippen LogP contribution < -0.4 is 10.6 Å². The molecule has 0 aliphatic carbocycles. The van der Waals surface area contributed by atoms with Crippen LogP contribution >= 0.6 is 11.6 Å². The first-order valence-electron chi connectivity index (χ1n) is 5.52. The van der Waals surface area contributed by atoms with Gasteiger partial charge in [-0.25, -0.2) is 0 Å². The summed E-state index contributed by atoms with van der Waals surface area (Å²) in [5, 5.41) is 6.37. The Balaban J connectivity index is 1.75. The molecule has 5 heteroatoms. The summed E-state index contributed by atoms with van der Waals surface area (Å²) in [6.07, 6.45) is 1.58. The maximum atomic E-state index is 11.5. The second-order valence-electron chi connectivity index (χ2n) is 3.72. The van der Waals surface area contributed by atoms with Crippen LogP contribution in [0.1, 0.15) is 5.76 Å². The summed E-state index contributed by atoms with van der Waals surface area (Å²) in [5.41, 5.74) is 0.815. The van der Waals surface area contributed by atoms with Crippen LogP contribution in [0.2, 0.25) is 5.02 Å². The van der Waals surface area contributed by atoms with Gasteiger partial charge in [-0.05, 0) is 30.3 Å². The number of amides is 1. The molecular weight excluding hydrogens is 252 g/mol. The summed E-state index contributed by atoms with van der Waals surface area (Å²) in [6.45, 7) is 0.587. The lowest BCUT2D eigenvalue weighted by atomic mass is 10.3. The van der Waals surface area contributed by atoms with Crippen LogP contribution in [0.5, 0.6) is 0 Å². The molecule has 0 atom stereocenters. The molecule has 4 nitrogen and oxygen atoms in total. The first-order valence-corrected chi connectivity index (χ1v) is 5.90. The van der Waals surface area contributed by atoms with Crippen molar-refractivity contribution in [3.63, 3.8) is 0 Å². The number of hydrogen-bond acceptors (Lipinski definition) is 3. The largest absolute Gasteiger partial charge is 0.467 e. The van der Waals surface area contributed by atoms with Gasteiger partial charge < -0.3 is 15.1 Å². The van der Waals surface area contributed by atoms with Gasteiger partial charge in [0.1, 0.15) is 5.76 Å². The summed E-state index contributed by atoms with van der Waals surface area (Å²) in [5.74, 6) is 0.623. The highest BCUT2D eigenvalue weighted by atomic mass is 35.5. The predicted molar refractivity (Wildman–Crippen MR) is 70.5 cm³/mol. The van der Waals surface area contributed by atoms with Crippen LogP contribution in [0.15, 0.2) is 47.1 Å². The number of benzene rings is 1. The minimum Gasteiger partial charge on any atom is -0.467 e. The number of hydrogen-bond donors (Lipinski definition) is 2. The molecule has 0 bridgehead atoms. The first kappa shape index (κ1) is 12.5. The zero-order valence-electron chi connectivity index (χ0n) is 9.65. The van der Waals surface area contributed by atoms with Crippen molar-refractivity contribution < 1.29 is 9.21 Å². The molecule has 1 amide bonds. The van der Waals surface area contributed by atoms with Crippen LogP contribution in [0.3, 0.4) is 0 Å². The van der Waals surface area contributed by atoms with Gasteiger partial charge in [0.2, 0.25) is 5.91 Å². The number of nitrogens with one attached hydrogen (secondary N) is 2. The number of carbonyl (C=O) groups excluding carboxylic acids is 1. The Hall–Kier alpha value is -1.94. The quantitative estimate of drug-likeness (QED) is 0.873. The molecule has 94 valence electrons. The lowest BCUT2D eigenvalue weighted by Crippen LogP contribution is -2.29. The monoisotopic (exact) mass is 264 g/mol. The van der Waals surface area contributed by atoms with Gasteiger partial charge in [0.15, 0.2) is 0 Å². The highest BCUT2D eigenvalue weighted by Gasteiger charge is 2.02. The van der Waals surface area contributed by atoms with Gasteiger partial charge in [-0.3, -0.25) is 4.79 Å². The lowest BCUT2D eigenvalue weighted by Gasteiger charge is -2.07. The second kappa shape index (κ2) is 6.12. The molecule has 0 fully saturated rings. The lowest BCUT2D eigenvalue weighted by molar-refractivity contribution is -0.119. The Morgan fingerprint density at radius 2 is 2.17 bits per heavy atom. The Bertz CT molecular complexity index is 511. The van der Waals surface area contributed by atoms with Crippen molar-refractivity contribution in [1.82, 2.24) is 5.32 Å². The normalized spacial score (nSPS) is 10.1. The van der Waals surface area contributed by atoms with Gasteiger partial charge in [-0.2, -0.15) is 0 Å². The SMILES string of the molecule is O=C(CNc1cccc(Cl)c1)NCc1ccco1. The molecular formula is C13H13ClN2O2. The van der Waals surface area contributed by atoms with E-state index in [0.29, 0.717) is 11.6 Å².